The summed E-state index contributed by atoms with van der Waals surface area (Å²) in [7, 11) is 4.09. The van der Waals surface area contributed by atoms with Crippen molar-refractivity contribution in [3.63, 3.8) is 0 Å². The minimum absolute atomic E-state index is 0. The Morgan fingerprint density at radius 3 is 2.45 bits per heavy atom. The number of hydrogen-bond acceptors (Lipinski definition) is 3. The molecule has 0 aromatic heterocycles. The third-order valence-corrected chi connectivity index (χ3v) is 4.50. The average molecular weight is 300 g/mol. The molecule has 114 valence electrons. The fraction of sp³-hybridized carbons (Fsp3) is 0.625. The number of phenolic OH excluding ortho intramolecular Hbond substituents is 1. The van der Waals surface area contributed by atoms with Crippen molar-refractivity contribution >= 4 is 12.4 Å². The van der Waals surface area contributed by atoms with E-state index < -0.39 is 5.60 Å². The Bertz CT molecular complexity index is 452. The Kier molecular flexibility index (Phi) is 5.47. The van der Waals surface area contributed by atoms with E-state index in [1.165, 1.54) is 0 Å². The Labute approximate surface area is 128 Å². The van der Waals surface area contributed by atoms with Crippen LogP contribution in [-0.4, -0.2) is 35.8 Å². The Morgan fingerprint density at radius 2 is 1.85 bits per heavy atom. The predicted octanol–water partition coefficient (Wildman–Crippen LogP) is 3.14. The van der Waals surface area contributed by atoms with Crippen LogP contribution in [0.5, 0.6) is 5.75 Å². The minimum atomic E-state index is -0.853. The molecule has 1 saturated carbocycles. The van der Waals surface area contributed by atoms with Gasteiger partial charge in [-0.25, -0.2) is 0 Å². The fourth-order valence-electron chi connectivity index (χ4n) is 3.57. The van der Waals surface area contributed by atoms with Crippen molar-refractivity contribution in [2.45, 2.75) is 38.2 Å². The summed E-state index contributed by atoms with van der Waals surface area (Å²) in [5.74, 6) is 0.226. The molecule has 20 heavy (non-hydrogen) atoms. The molecule has 2 rings (SSSR count). The number of aromatic hydroxyl groups is 1. The first-order valence-electron chi connectivity index (χ1n) is 7.04. The van der Waals surface area contributed by atoms with Crippen molar-refractivity contribution in [2.24, 2.45) is 5.41 Å². The van der Waals surface area contributed by atoms with Crippen LogP contribution >= 0.6 is 12.4 Å². The smallest absolute Gasteiger partial charge is 0.115 e. The standard InChI is InChI=1S/C16H25NO2.ClH/c1-15(12-17(2)3)9-4-5-10-16(15,19)13-7-6-8-14(18)11-13;/h6-8,11,18-19H,4-5,9-10,12H2,1-3H3;1H/t15-,16+;/m1./s1. The highest BCUT2D eigenvalue weighted by Crippen LogP contribution is 2.51. The summed E-state index contributed by atoms with van der Waals surface area (Å²) in [5, 5.41) is 21.0. The molecule has 2 N–H and O–H groups in total. The van der Waals surface area contributed by atoms with Crippen molar-refractivity contribution in [3.8, 4) is 5.75 Å². The SMILES string of the molecule is CN(C)C[C@@]1(C)CCCC[C@]1(O)c1cccc(O)c1.Cl. The summed E-state index contributed by atoms with van der Waals surface area (Å²) in [5.41, 5.74) is -0.187. The van der Waals surface area contributed by atoms with E-state index in [4.69, 9.17) is 0 Å². The summed E-state index contributed by atoms with van der Waals surface area (Å²) >= 11 is 0. The maximum absolute atomic E-state index is 11.3. The zero-order chi connectivity index (χ0) is 14.1. The van der Waals surface area contributed by atoms with Crippen LogP contribution in [0.1, 0.15) is 38.2 Å². The molecule has 4 heteroatoms. The molecule has 0 heterocycles. The first-order valence-corrected chi connectivity index (χ1v) is 7.04. The topological polar surface area (TPSA) is 43.7 Å². The highest BCUT2D eigenvalue weighted by atomic mass is 35.5. The first-order chi connectivity index (χ1) is 8.87. The van der Waals surface area contributed by atoms with Crippen LogP contribution in [0.3, 0.4) is 0 Å². The Hall–Kier alpha value is -0.770. The van der Waals surface area contributed by atoms with Crippen LogP contribution in [0.2, 0.25) is 0 Å². The van der Waals surface area contributed by atoms with E-state index in [-0.39, 0.29) is 23.6 Å². The summed E-state index contributed by atoms with van der Waals surface area (Å²) in [6, 6.07) is 7.10. The van der Waals surface area contributed by atoms with Crippen LogP contribution in [0.4, 0.5) is 0 Å². The molecule has 1 aromatic carbocycles. The van der Waals surface area contributed by atoms with E-state index in [0.29, 0.717) is 0 Å². The molecular formula is C16H26ClNO2. The molecule has 1 aromatic rings. The number of hydrogen-bond donors (Lipinski definition) is 2. The number of nitrogens with zero attached hydrogens (tertiary/aromatic N) is 1. The van der Waals surface area contributed by atoms with Gasteiger partial charge in [0.2, 0.25) is 0 Å². The Balaban J connectivity index is 0.00000200. The van der Waals surface area contributed by atoms with E-state index in [1.807, 2.05) is 26.2 Å². The fourth-order valence-corrected chi connectivity index (χ4v) is 3.57. The number of benzene rings is 1. The second-order valence-electron chi connectivity index (χ2n) is 6.42. The van der Waals surface area contributed by atoms with Gasteiger partial charge < -0.3 is 15.1 Å². The van der Waals surface area contributed by atoms with Crippen LogP contribution in [0.15, 0.2) is 24.3 Å². The lowest BCUT2D eigenvalue weighted by Gasteiger charge is -2.50. The van der Waals surface area contributed by atoms with Crippen molar-refractivity contribution in [3.05, 3.63) is 29.8 Å². The van der Waals surface area contributed by atoms with Gasteiger partial charge in [0.15, 0.2) is 0 Å². The molecule has 1 fully saturated rings. The first kappa shape index (κ1) is 17.3. The lowest BCUT2D eigenvalue weighted by Crippen LogP contribution is -2.51. The number of halogens is 1. The van der Waals surface area contributed by atoms with Gasteiger partial charge in [0.1, 0.15) is 5.75 Å². The van der Waals surface area contributed by atoms with Crippen molar-refractivity contribution in [1.29, 1.82) is 0 Å². The quantitative estimate of drug-likeness (QED) is 0.901. The number of phenols is 1. The third kappa shape index (κ3) is 3.11. The average Bonchev–Trinajstić information content (AvgIpc) is 2.32. The summed E-state index contributed by atoms with van der Waals surface area (Å²) in [4.78, 5) is 2.14. The zero-order valence-electron chi connectivity index (χ0n) is 12.6. The van der Waals surface area contributed by atoms with Gasteiger partial charge in [-0.2, -0.15) is 0 Å². The second kappa shape index (κ2) is 6.33. The van der Waals surface area contributed by atoms with E-state index in [2.05, 4.69) is 11.8 Å². The number of rotatable bonds is 3. The van der Waals surface area contributed by atoms with Gasteiger partial charge in [0, 0.05) is 12.0 Å². The van der Waals surface area contributed by atoms with Gasteiger partial charge in [0.05, 0.1) is 5.60 Å². The Morgan fingerprint density at radius 1 is 1.20 bits per heavy atom. The third-order valence-electron chi connectivity index (χ3n) is 4.50. The van der Waals surface area contributed by atoms with Gasteiger partial charge >= 0.3 is 0 Å². The van der Waals surface area contributed by atoms with Gasteiger partial charge in [0.25, 0.3) is 0 Å². The summed E-state index contributed by atoms with van der Waals surface area (Å²) in [6.07, 6.45) is 3.97. The number of aliphatic hydroxyl groups is 1. The van der Waals surface area contributed by atoms with Gasteiger partial charge in [-0.15, -0.1) is 12.4 Å². The summed E-state index contributed by atoms with van der Waals surface area (Å²) in [6.45, 7) is 3.01. The lowest BCUT2D eigenvalue weighted by molar-refractivity contribution is -0.121. The largest absolute Gasteiger partial charge is 0.508 e. The van der Waals surface area contributed by atoms with Gasteiger partial charge in [-0.05, 0) is 44.6 Å². The maximum Gasteiger partial charge on any atom is 0.115 e. The monoisotopic (exact) mass is 299 g/mol. The molecule has 0 radical (unpaired) electrons. The maximum atomic E-state index is 11.3. The van der Waals surface area contributed by atoms with E-state index in [0.717, 1.165) is 37.8 Å². The lowest BCUT2D eigenvalue weighted by atomic mass is 9.61. The van der Waals surface area contributed by atoms with Gasteiger partial charge in [-0.1, -0.05) is 31.9 Å². The normalized spacial score (nSPS) is 30.1. The van der Waals surface area contributed by atoms with Crippen molar-refractivity contribution < 1.29 is 10.2 Å². The molecule has 3 nitrogen and oxygen atoms in total. The van der Waals surface area contributed by atoms with Crippen LogP contribution < -0.4 is 0 Å². The van der Waals surface area contributed by atoms with Crippen molar-refractivity contribution in [2.75, 3.05) is 20.6 Å². The molecule has 1 aliphatic carbocycles. The van der Waals surface area contributed by atoms with E-state index >= 15 is 0 Å². The molecule has 0 spiro atoms. The summed E-state index contributed by atoms with van der Waals surface area (Å²) < 4.78 is 0. The molecule has 0 unspecified atom stereocenters. The molecule has 0 bridgehead atoms. The highest BCUT2D eigenvalue weighted by molar-refractivity contribution is 5.85. The van der Waals surface area contributed by atoms with E-state index in [9.17, 15) is 10.2 Å². The molecule has 1 aliphatic rings. The van der Waals surface area contributed by atoms with Crippen LogP contribution in [0.25, 0.3) is 0 Å². The molecule has 2 atom stereocenters. The second-order valence-corrected chi connectivity index (χ2v) is 6.42. The van der Waals surface area contributed by atoms with E-state index in [1.54, 1.807) is 12.1 Å². The molecule has 0 saturated heterocycles. The molecule has 0 amide bonds. The van der Waals surface area contributed by atoms with Crippen molar-refractivity contribution in [1.82, 2.24) is 4.90 Å². The van der Waals surface area contributed by atoms with Crippen LogP contribution in [-0.2, 0) is 5.60 Å². The van der Waals surface area contributed by atoms with Gasteiger partial charge in [-0.3, -0.25) is 0 Å². The molecule has 0 aliphatic heterocycles. The minimum Gasteiger partial charge on any atom is -0.508 e. The van der Waals surface area contributed by atoms with Crippen LogP contribution in [0, 0.1) is 5.41 Å². The molecular weight excluding hydrogens is 274 g/mol. The zero-order valence-corrected chi connectivity index (χ0v) is 13.4. The predicted molar refractivity (Wildman–Crippen MR) is 84.4 cm³/mol. The highest BCUT2D eigenvalue weighted by Gasteiger charge is 2.49.